The topological polar surface area (TPSA) is 9.23 Å². The van der Waals surface area contributed by atoms with Gasteiger partial charge in [-0.15, -0.1) is 0 Å². The standard InChI is InChI=1S/C21H12F6O/c1-2-5-28-13-3-4-14(17(23)9-13)11-6-12-8-16(22)15(10-19(25)26)21(27)20(12)18(24)7-11/h2-4,6-10H,1,5H2. The molecule has 7 heteroatoms. The smallest absolute Gasteiger partial charge is 0.271 e. The van der Waals surface area contributed by atoms with Crippen LogP contribution in [0.25, 0.3) is 28.0 Å². The number of benzene rings is 3. The summed E-state index contributed by atoms with van der Waals surface area (Å²) in [6, 6.07) is 6.61. The molecular formula is C21H12F6O. The first-order valence-electron chi connectivity index (χ1n) is 7.99. The largest absolute Gasteiger partial charge is 0.489 e. The Morgan fingerprint density at radius 2 is 1.68 bits per heavy atom. The van der Waals surface area contributed by atoms with Gasteiger partial charge < -0.3 is 4.74 Å². The molecule has 1 nitrogen and oxygen atoms in total. The van der Waals surface area contributed by atoms with Crippen LogP contribution >= 0.6 is 0 Å². The summed E-state index contributed by atoms with van der Waals surface area (Å²) >= 11 is 0. The molecule has 0 aliphatic rings. The number of fused-ring (bicyclic) bond motifs is 1. The van der Waals surface area contributed by atoms with Crippen LogP contribution in [0.1, 0.15) is 5.56 Å². The Labute approximate surface area is 156 Å². The van der Waals surface area contributed by atoms with Crippen LogP contribution in [0.3, 0.4) is 0 Å². The van der Waals surface area contributed by atoms with Crippen LogP contribution in [0, 0.1) is 23.3 Å². The fourth-order valence-corrected chi connectivity index (χ4v) is 2.80. The second-order valence-corrected chi connectivity index (χ2v) is 5.82. The SMILES string of the molecule is C=CCOc1ccc(-c2cc(F)c3c(F)c(C=C(F)F)c(F)cc3c2)c(F)c1. The fraction of sp³-hybridized carbons (Fsp3) is 0.0476. The maximum absolute atomic E-state index is 14.5. The van der Waals surface area contributed by atoms with E-state index in [1.54, 1.807) is 0 Å². The Kier molecular flexibility index (Phi) is 5.44. The van der Waals surface area contributed by atoms with E-state index in [2.05, 4.69) is 6.58 Å². The molecule has 3 aromatic rings. The second kappa shape index (κ2) is 7.80. The number of hydrogen-bond donors (Lipinski definition) is 0. The van der Waals surface area contributed by atoms with E-state index in [9.17, 15) is 26.3 Å². The predicted molar refractivity (Wildman–Crippen MR) is 95.1 cm³/mol. The predicted octanol–water partition coefficient (Wildman–Crippen LogP) is 6.87. The maximum Gasteiger partial charge on any atom is 0.271 e. The molecule has 0 aliphatic carbocycles. The van der Waals surface area contributed by atoms with Gasteiger partial charge in [0.15, 0.2) is 0 Å². The second-order valence-electron chi connectivity index (χ2n) is 5.82. The number of hydrogen-bond acceptors (Lipinski definition) is 1. The Balaban J connectivity index is 2.15. The van der Waals surface area contributed by atoms with Crippen LogP contribution in [0.5, 0.6) is 5.75 Å². The van der Waals surface area contributed by atoms with Gasteiger partial charge in [-0.3, -0.25) is 0 Å². The minimum atomic E-state index is -2.32. The van der Waals surface area contributed by atoms with E-state index in [0.717, 1.165) is 18.2 Å². The lowest BCUT2D eigenvalue weighted by Gasteiger charge is -2.11. The van der Waals surface area contributed by atoms with Gasteiger partial charge in [0.1, 0.15) is 35.6 Å². The van der Waals surface area contributed by atoms with Crippen molar-refractivity contribution < 1.29 is 31.1 Å². The zero-order valence-electron chi connectivity index (χ0n) is 14.2. The van der Waals surface area contributed by atoms with Gasteiger partial charge in [-0.05, 0) is 41.3 Å². The number of ether oxygens (including phenoxy) is 1. The van der Waals surface area contributed by atoms with E-state index in [4.69, 9.17) is 4.74 Å². The molecule has 0 unspecified atom stereocenters. The first-order chi connectivity index (χ1) is 13.3. The van der Waals surface area contributed by atoms with Gasteiger partial charge >= 0.3 is 0 Å². The van der Waals surface area contributed by atoms with Crippen molar-refractivity contribution in [1.29, 1.82) is 0 Å². The van der Waals surface area contributed by atoms with Crippen LogP contribution in [0.15, 0.2) is 55.1 Å². The monoisotopic (exact) mass is 394 g/mol. The lowest BCUT2D eigenvalue weighted by molar-refractivity contribution is 0.361. The highest BCUT2D eigenvalue weighted by atomic mass is 19.3. The third kappa shape index (κ3) is 3.74. The Bertz CT molecular complexity index is 1100. The number of halogens is 6. The van der Waals surface area contributed by atoms with Crippen molar-refractivity contribution in [3.05, 3.63) is 84.0 Å². The lowest BCUT2D eigenvalue weighted by atomic mass is 9.98. The van der Waals surface area contributed by atoms with Gasteiger partial charge in [-0.2, -0.15) is 8.78 Å². The van der Waals surface area contributed by atoms with E-state index in [-0.39, 0.29) is 34.9 Å². The third-order valence-corrected chi connectivity index (χ3v) is 3.99. The van der Waals surface area contributed by atoms with Crippen LogP contribution in [0.4, 0.5) is 26.3 Å². The first kappa shape index (κ1) is 19.5. The molecule has 0 fully saturated rings. The highest BCUT2D eigenvalue weighted by Crippen LogP contribution is 2.34. The molecule has 28 heavy (non-hydrogen) atoms. The molecule has 3 rings (SSSR count). The zero-order valence-corrected chi connectivity index (χ0v) is 14.2. The van der Waals surface area contributed by atoms with Crippen molar-refractivity contribution in [3.8, 4) is 16.9 Å². The molecule has 0 aromatic heterocycles. The molecule has 3 aromatic carbocycles. The van der Waals surface area contributed by atoms with Crippen molar-refractivity contribution in [2.24, 2.45) is 0 Å². The summed E-state index contributed by atoms with van der Waals surface area (Å²) in [5.74, 6) is -4.39. The van der Waals surface area contributed by atoms with Gasteiger partial charge in [0, 0.05) is 17.7 Å². The summed E-state index contributed by atoms with van der Waals surface area (Å²) in [6.45, 7) is 3.64. The van der Waals surface area contributed by atoms with Crippen molar-refractivity contribution >= 4 is 16.8 Å². The first-order valence-corrected chi connectivity index (χ1v) is 7.99. The zero-order chi connectivity index (χ0) is 20.4. The number of rotatable bonds is 5. The molecule has 0 atom stereocenters. The van der Waals surface area contributed by atoms with Gasteiger partial charge in [0.05, 0.1) is 10.9 Å². The summed E-state index contributed by atoms with van der Waals surface area (Å²) in [5, 5.41) is -0.892. The van der Waals surface area contributed by atoms with Gasteiger partial charge in [0.2, 0.25) is 0 Å². The van der Waals surface area contributed by atoms with Crippen molar-refractivity contribution in [1.82, 2.24) is 0 Å². The van der Waals surface area contributed by atoms with Gasteiger partial charge in [-0.25, -0.2) is 17.6 Å². The van der Waals surface area contributed by atoms with E-state index in [1.165, 1.54) is 24.3 Å². The summed E-state index contributed by atoms with van der Waals surface area (Å²) in [5.41, 5.74) is -1.04. The van der Waals surface area contributed by atoms with Crippen molar-refractivity contribution in [2.75, 3.05) is 6.61 Å². The average molecular weight is 394 g/mol. The van der Waals surface area contributed by atoms with E-state index in [1.807, 2.05) is 0 Å². The van der Waals surface area contributed by atoms with E-state index in [0.29, 0.717) is 0 Å². The Hall–Kier alpha value is -3.22. The summed E-state index contributed by atoms with van der Waals surface area (Å²) < 4.78 is 87.3. The molecule has 0 spiro atoms. The van der Waals surface area contributed by atoms with E-state index < -0.39 is 40.3 Å². The molecule has 144 valence electrons. The highest BCUT2D eigenvalue weighted by molar-refractivity contribution is 5.90. The minimum absolute atomic E-state index is 0.0148. The summed E-state index contributed by atoms with van der Waals surface area (Å²) in [7, 11) is 0. The average Bonchev–Trinajstić information content (AvgIpc) is 2.62. The quantitative estimate of drug-likeness (QED) is 0.339. The maximum atomic E-state index is 14.5. The molecule has 0 aliphatic heterocycles. The van der Waals surface area contributed by atoms with E-state index >= 15 is 0 Å². The Morgan fingerprint density at radius 3 is 2.32 bits per heavy atom. The summed E-state index contributed by atoms with van der Waals surface area (Å²) in [4.78, 5) is 0. The van der Waals surface area contributed by atoms with Gasteiger partial charge in [0.25, 0.3) is 6.08 Å². The minimum Gasteiger partial charge on any atom is -0.489 e. The highest BCUT2D eigenvalue weighted by Gasteiger charge is 2.18. The molecule has 0 saturated heterocycles. The molecule has 0 radical (unpaired) electrons. The summed E-state index contributed by atoms with van der Waals surface area (Å²) in [6.07, 6.45) is -0.861. The third-order valence-electron chi connectivity index (χ3n) is 3.99. The van der Waals surface area contributed by atoms with Gasteiger partial charge in [-0.1, -0.05) is 12.7 Å². The molecule has 0 N–H and O–H groups in total. The molecule has 0 saturated carbocycles. The van der Waals surface area contributed by atoms with Crippen LogP contribution in [0.2, 0.25) is 0 Å². The molecular weight excluding hydrogens is 382 g/mol. The van der Waals surface area contributed by atoms with Crippen LogP contribution in [-0.4, -0.2) is 6.61 Å². The van der Waals surface area contributed by atoms with Crippen molar-refractivity contribution in [3.63, 3.8) is 0 Å². The lowest BCUT2D eigenvalue weighted by Crippen LogP contribution is -1.97. The molecule has 0 bridgehead atoms. The molecule has 0 amide bonds. The van der Waals surface area contributed by atoms with Crippen LogP contribution in [-0.2, 0) is 0 Å². The van der Waals surface area contributed by atoms with Crippen molar-refractivity contribution in [2.45, 2.75) is 0 Å². The molecule has 0 heterocycles. The normalized spacial score (nSPS) is 10.8. The van der Waals surface area contributed by atoms with Crippen LogP contribution < -0.4 is 4.74 Å². The fourth-order valence-electron chi connectivity index (χ4n) is 2.80. The Morgan fingerprint density at radius 1 is 0.929 bits per heavy atom.